The minimum absolute atomic E-state index is 0.0828. The maximum Gasteiger partial charge on any atom is 0.317 e. The number of amides is 2. The van der Waals surface area contributed by atoms with Crippen LogP contribution in [-0.4, -0.2) is 56.7 Å². The maximum atomic E-state index is 12.3. The average Bonchev–Trinajstić information content (AvgIpc) is 3.30. The molecule has 4 heterocycles. The number of hydrogen-bond acceptors (Lipinski definition) is 6. The number of aryl methyl sites for hydroxylation is 1. The van der Waals surface area contributed by atoms with Crippen LogP contribution in [0.4, 0.5) is 10.6 Å². The number of urea groups is 1. The number of carbonyl (C=O) groups is 1. The van der Waals surface area contributed by atoms with E-state index < -0.39 is 0 Å². The second-order valence-electron chi connectivity index (χ2n) is 5.90. The van der Waals surface area contributed by atoms with E-state index in [1.165, 1.54) is 0 Å². The predicted molar refractivity (Wildman–Crippen MR) is 90.2 cm³/mol. The molecule has 3 aromatic heterocycles. The Bertz CT molecular complexity index is 866. The number of piperazine rings is 1. The highest BCUT2D eigenvalue weighted by molar-refractivity contribution is 5.74. The van der Waals surface area contributed by atoms with Gasteiger partial charge in [0.25, 0.3) is 0 Å². The van der Waals surface area contributed by atoms with E-state index in [0.717, 1.165) is 23.0 Å². The monoisotopic (exact) mass is 341 g/mol. The smallest absolute Gasteiger partial charge is 0.317 e. The van der Waals surface area contributed by atoms with Crippen molar-refractivity contribution in [1.82, 2.24) is 29.8 Å². The highest BCUT2D eigenvalue weighted by Gasteiger charge is 2.24. The molecular weight excluding hydrogens is 322 g/mol. The SMILES string of the molecule is Cc1nnc2c(N3CCN(C(=O)NCc4ccco4)CC3)nccn12. The van der Waals surface area contributed by atoms with Crippen molar-refractivity contribution in [2.45, 2.75) is 13.5 Å². The first-order chi connectivity index (χ1) is 12.2. The number of rotatable bonds is 3. The van der Waals surface area contributed by atoms with Crippen molar-refractivity contribution in [3.8, 4) is 0 Å². The molecule has 1 N–H and O–H groups in total. The Morgan fingerprint density at radius 3 is 2.88 bits per heavy atom. The molecule has 9 nitrogen and oxygen atoms in total. The number of carbonyl (C=O) groups excluding carboxylic acids is 1. The van der Waals surface area contributed by atoms with E-state index in [9.17, 15) is 4.79 Å². The lowest BCUT2D eigenvalue weighted by Crippen LogP contribution is -2.52. The van der Waals surface area contributed by atoms with Crippen LogP contribution in [0, 0.1) is 6.92 Å². The molecule has 1 fully saturated rings. The number of nitrogens with one attached hydrogen (secondary N) is 1. The summed E-state index contributed by atoms with van der Waals surface area (Å²) in [6.07, 6.45) is 5.20. The molecule has 1 saturated heterocycles. The Labute approximate surface area is 144 Å². The lowest BCUT2D eigenvalue weighted by Gasteiger charge is -2.35. The first-order valence-electron chi connectivity index (χ1n) is 8.19. The van der Waals surface area contributed by atoms with Crippen LogP contribution in [0.5, 0.6) is 0 Å². The van der Waals surface area contributed by atoms with E-state index in [2.05, 4.69) is 25.4 Å². The molecule has 0 saturated carbocycles. The first-order valence-corrected chi connectivity index (χ1v) is 8.19. The van der Waals surface area contributed by atoms with Gasteiger partial charge in [-0.1, -0.05) is 0 Å². The topological polar surface area (TPSA) is 91.8 Å². The Hall–Kier alpha value is -3.10. The minimum Gasteiger partial charge on any atom is -0.467 e. The third-order valence-corrected chi connectivity index (χ3v) is 4.34. The number of nitrogens with zero attached hydrogens (tertiary/aromatic N) is 6. The van der Waals surface area contributed by atoms with E-state index in [1.807, 2.05) is 23.6 Å². The number of furan rings is 1. The van der Waals surface area contributed by atoms with Gasteiger partial charge in [-0.3, -0.25) is 4.40 Å². The van der Waals surface area contributed by atoms with Crippen LogP contribution in [0.3, 0.4) is 0 Å². The summed E-state index contributed by atoms with van der Waals surface area (Å²) in [4.78, 5) is 20.7. The van der Waals surface area contributed by atoms with Gasteiger partial charge in [0.1, 0.15) is 11.6 Å². The number of aromatic nitrogens is 4. The third-order valence-electron chi connectivity index (χ3n) is 4.34. The molecule has 25 heavy (non-hydrogen) atoms. The van der Waals surface area contributed by atoms with Crippen molar-refractivity contribution in [3.63, 3.8) is 0 Å². The summed E-state index contributed by atoms with van der Waals surface area (Å²) in [6, 6.07) is 3.56. The zero-order chi connectivity index (χ0) is 17.2. The standard InChI is InChI=1S/C16H19N7O2/c1-12-19-20-15-14(17-4-5-23(12)15)21-6-8-22(9-7-21)16(24)18-11-13-3-2-10-25-13/h2-5,10H,6-9,11H2,1H3,(H,18,24). The Morgan fingerprint density at radius 2 is 2.12 bits per heavy atom. The van der Waals surface area contributed by atoms with E-state index >= 15 is 0 Å². The van der Waals surface area contributed by atoms with Crippen LogP contribution in [0.1, 0.15) is 11.6 Å². The van der Waals surface area contributed by atoms with E-state index in [-0.39, 0.29) is 6.03 Å². The molecule has 1 aliphatic rings. The van der Waals surface area contributed by atoms with Crippen LogP contribution in [0.2, 0.25) is 0 Å². The molecule has 2 amide bonds. The molecule has 0 spiro atoms. The largest absolute Gasteiger partial charge is 0.467 e. The number of anilines is 1. The van der Waals surface area contributed by atoms with Gasteiger partial charge in [-0.2, -0.15) is 0 Å². The highest BCUT2D eigenvalue weighted by Crippen LogP contribution is 2.19. The van der Waals surface area contributed by atoms with Crippen molar-refractivity contribution < 1.29 is 9.21 Å². The van der Waals surface area contributed by atoms with Crippen LogP contribution < -0.4 is 10.2 Å². The normalized spacial score (nSPS) is 14.9. The summed E-state index contributed by atoms with van der Waals surface area (Å²) in [5.74, 6) is 2.37. The van der Waals surface area contributed by atoms with Gasteiger partial charge in [0.05, 0.1) is 12.8 Å². The van der Waals surface area contributed by atoms with Gasteiger partial charge < -0.3 is 19.5 Å². The highest BCUT2D eigenvalue weighted by atomic mass is 16.3. The second kappa shape index (κ2) is 6.42. The number of fused-ring (bicyclic) bond motifs is 1. The summed E-state index contributed by atoms with van der Waals surface area (Å²) in [5, 5.41) is 11.2. The molecule has 4 rings (SSSR count). The van der Waals surface area contributed by atoms with E-state index in [4.69, 9.17) is 4.42 Å². The molecule has 0 radical (unpaired) electrons. The lowest BCUT2D eigenvalue weighted by molar-refractivity contribution is 0.193. The average molecular weight is 341 g/mol. The molecule has 1 aliphatic heterocycles. The molecule has 0 atom stereocenters. The van der Waals surface area contributed by atoms with Gasteiger partial charge in [-0.25, -0.2) is 9.78 Å². The molecule has 3 aromatic rings. The number of hydrogen-bond donors (Lipinski definition) is 1. The summed E-state index contributed by atoms with van der Waals surface area (Å²) in [7, 11) is 0. The van der Waals surface area contributed by atoms with Crippen molar-refractivity contribution in [1.29, 1.82) is 0 Å². The van der Waals surface area contributed by atoms with E-state index in [0.29, 0.717) is 32.7 Å². The predicted octanol–water partition coefficient (Wildman–Crippen LogP) is 1.06. The van der Waals surface area contributed by atoms with Crippen molar-refractivity contribution in [3.05, 3.63) is 42.4 Å². The van der Waals surface area contributed by atoms with Gasteiger partial charge >= 0.3 is 6.03 Å². The molecule has 9 heteroatoms. The molecular formula is C16H19N7O2. The fourth-order valence-corrected chi connectivity index (χ4v) is 2.96. The van der Waals surface area contributed by atoms with Gasteiger partial charge in [0, 0.05) is 38.6 Å². The van der Waals surface area contributed by atoms with Gasteiger partial charge in [-0.15, -0.1) is 10.2 Å². The lowest BCUT2D eigenvalue weighted by atomic mass is 10.3. The molecule has 0 aliphatic carbocycles. The molecule has 0 bridgehead atoms. The summed E-state index contributed by atoms with van der Waals surface area (Å²) >= 11 is 0. The fraction of sp³-hybridized carbons (Fsp3) is 0.375. The van der Waals surface area contributed by atoms with Gasteiger partial charge in [-0.05, 0) is 19.1 Å². The van der Waals surface area contributed by atoms with Crippen LogP contribution in [0.15, 0.2) is 35.2 Å². The van der Waals surface area contributed by atoms with Crippen LogP contribution >= 0.6 is 0 Å². The second-order valence-corrected chi connectivity index (χ2v) is 5.90. The van der Waals surface area contributed by atoms with Crippen LogP contribution in [0.25, 0.3) is 5.65 Å². The zero-order valence-corrected chi connectivity index (χ0v) is 13.9. The van der Waals surface area contributed by atoms with Crippen LogP contribution in [-0.2, 0) is 6.54 Å². The molecule has 130 valence electrons. The summed E-state index contributed by atoms with van der Waals surface area (Å²) in [5.41, 5.74) is 0.746. The Balaban J connectivity index is 1.38. The van der Waals surface area contributed by atoms with Crippen molar-refractivity contribution >= 4 is 17.5 Å². The first kappa shape index (κ1) is 15.4. The molecule has 0 unspecified atom stereocenters. The summed E-state index contributed by atoms with van der Waals surface area (Å²) < 4.78 is 7.15. The Morgan fingerprint density at radius 1 is 1.28 bits per heavy atom. The van der Waals surface area contributed by atoms with Crippen molar-refractivity contribution in [2.24, 2.45) is 0 Å². The maximum absolute atomic E-state index is 12.3. The van der Waals surface area contributed by atoms with E-state index in [1.54, 1.807) is 23.4 Å². The molecule has 0 aromatic carbocycles. The van der Waals surface area contributed by atoms with Gasteiger partial charge in [0.15, 0.2) is 5.82 Å². The quantitative estimate of drug-likeness (QED) is 0.766. The van der Waals surface area contributed by atoms with Gasteiger partial charge in [0.2, 0.25) is 5.65 Å². The Kier molecular flexibility index (Phi) is 3.96. The fourth-order valence-electron chi connectivity index (χ4n) is 2.96. The van der Waals surface area contributed by atoms with Crippen molar-refractivity contribution in [2.75, 3.05) is 31.1 Å². The third kappa shape index (κ3) is 3.00. The summed E-state index contributed by atoms with van der Waals surface area (Å²) in [6.45, 7) is 4.95. The minimum atomic E-state index is -0.0828. The zero-order valence-electron chi connectivity index (χ0n) is 13.9.